The number of likely N-dealkylation sites (tertiary alicyclic amines) is 1. The van der Waals surface area contributed by atoms with Crippen LogP contribution >= 0.6 is 0 Å². The monoisotopic (exact) mass is 446 g/mol. The third-order valence-electron chi connectivity index (χ3n) is 6.32. The first-order valence-electron chi connectivity index (χ1n) is 11.2. The summed E-state index contributed by atoms with van der Waals surface area (Å²) < 4.78 is 22.2. The van der Waals surface area contributed by atoms with Gasteiger partial charge in [-0.25, -0.2) is 19.0 Å². The number of aromatic nitrogens is 4. The molecule has 7 nitrogen and oxygen atoms in total. The van der Waals surface area contributed by atoms with Crippen molar-refractivity contribution in [3.63, 3.8) is 0 Å². The molecule has 1 atom stereocenters. The highest BCUT2D eigenvalue weighted by atomic mass is 19.1. The van der Waals surface area contributed by atoms with Gasteiger partial charge in [0.1, 0.15) is 17.7 Å². The minimum absolute atomic E-state index is 0.0417. The molecular weight excluding hydrogens is 419 g/mol. The Balaban J connectivity index is 1.39. The number of hydrogen-bond donors (Lipinski definition) is 1. The van der Waals surface area contributed by atoms with Gasteiger partial charge in [-0.3, -0.25) is 0 Å². The van der Waals surface area contributed by atoms with Crippen LogP contribution in [-0.2, 0) is 4.74 Å². The Kier molecular flexibility index (Phi) is 6.02. The molecule has 1 N–H and O–H groups in total. The van der Waals surface area contributed by atoms with Gasteiger partial charge in [-0.15, -0.1) is 0 Å². The van der Waals surface area contributed by atoms with E-state index >= 15 is 0 Å². The van der Waals surface area contributed by atoms with Crippen LogP contribution in [0.1, 0.15) is 24.6 Å². The lowest BCUT2D eigenvalue weighted by Crippen LogP contribution is -2.33. The summed E-state index contributed by atoms with van der Waals surface area (Å²) in [5, 5.41) is 8.14. The summed E-state index contributed by atoms with van der Waals surface area (Å²) in [5.74, 6) is 0.595. The van der Waals surface area contributed by atoms with Crippen molar-refractivity contribution in [1.82, 2.24) is 24.6 Å². The largest absolute Gasteiger partial charge is 0.375 e. The van der Waals surface area contributed by atoms with E-state index in [1.54, 1.807) is 48.6 Å². The number of halogens is 1. The van der Waals surface area contributed by atoms with E-state index in [2.05, 4.69) is 27.3 Å². The zero-order valence-corrected chi connectivity index (χ0v) is 18.8. The maximum absolute atomic E-state index is 14.7. The standard InChI is InChI=1S/C25H27FN6O/c1-31-12-8-17(9-13-31)25(33-2)22-6-4-18-16-27-24(15-23(18)29-22)30-21-7-5-19(14-20(21)26)32-11-3-10-28-32/h3-7,10-11,14-17,25H,8-9,12-13H2,1-2H3,(H,27,30)/t25-/m1/s1. The highest BCUT2D eigenvalue weighted by Crippen LogP contribution is 2.33. The molecule has 0 amide bonds. The number of rotatable bonds is 6. The molecule has 4 aromatic rings. The summed E-state index contributed by atoms with van der Waals surface area (Å²) in [4.78, 5) is 11.7. The van der Waals surface area contributed by atoms with Crippen LogP contribution in [0.5, 0.6) is 0 Å². The van der Waals surface area contributed by atoms with Gasteiger partial charge in [-0.2, -0.15) is 5.10 Å². The van der Waals surface area contributed by atoms with E-state index in [9.17, 15) is 4.39 Å². The number of anilines is 2. The van der Waals surface area contributed by atoms with Crippen molar-refractivity contribution in [2.45, 2.75) is 18.9 Å². The maximum atomic E-state index is 14.7. The smallest absolute Gasteiger partial charge is 0.148 e. The summed E-state index contributed by atoms with van der Waals surface area (Å²) in [5.41, 5.74) is 2.72. The second-order valence-corrected chi connectivity index (χ2v) is 8.54. The van der Waals surface area contributed by atoms with E-state index in [1.165, 1.54) is 6.07 Å². The molecule has 0 unspecified atom stereocenters. The van der Waals surface area contributed by atoms with Gasteiger partial charge < -0.3 is 15.0 Å². The molecule has 1 fully saturated rings. The van der Waals surface area contributed by atoms with Crippen LogP contribution in [0.4, 0.5) is 15.9 Å². The molecule has 170 valence electrons. The molecule has 4 heterocycles. The number of methoxy groups -OCH3 is 1. The van der Waals surface area contributed by atoms with E-state index in [-0.39, 0.29) is 11.9 Å². The number of pyridine rings is 2. The normalized spacial score (nSPS) is 16.2. The number of piperidine rings is 1. The van der Waals surface area contributed by atoms with Crippen molar-refractivity contribution in [1.29, 1.82) is 0 Å². The molecular formula is C25H27FN6O. The number of fused-ring (bicyclic) bond motifs is 1. The fourth-order valence-corrected chi connectivity index (χ4v) is 4.45. The molecule has 8 heteroatoms. The lowest BCUT2D eigenvalue weighted by atomic mass is 9.89. The van der Waals surface area contributed by atoms with Crippen molar-refractivity contribution in [3.8, 4) is 5.69 Å². The molecule has 5 rings (SSSR count). The zero-order valence-electron chi connectivity index (χ0n) is 18.8. The quantitative estimate of drug-likeness (QED) is 0.462. The van der Waals surface area contributed by atoms with Crippen molar-refractivity contribution in [3.05, 3.63) is 72.6 Å². The Morgan fingerprint density at radius 1 is 1.15 bits per heavy atom. The van der Waals surface area contributed by atoms with Crippen LogP contribution in [0.25, 0.3) is 16.6 Å². The molecule has 1 saturated heterocycles. The Hall–Kier alpha value is -3.36. The number of hydrogen-bond acceptors (Lipinski definition) is 6. The Morgan fingerprint density at radius 3 is 2.73 bits per heavy atom. The molecule has 1 aromatic carbocycles. The zero-order chi connectivity index (χ0) is 22.8. The number of ether oxygens (including phenoxy) is 1. The van der Waals surface area contributed by atoms with Gasteiger partial charge >= 0.3 is 0 Å². The Bertz CT molecular complexity index is 1240. The van der Waals surface area contributed by atoms with Crippen LogP contribution < -0.4 is 5.32 Å². The van der Waals surface area contributed by atoms with E-state index in [0.29, 0.717) is 23.1 Å². The molecule has 3 aromatic heterocycles. The predicted octanol–water partition coefficient (Wildman–Crippen LogP) is 4.73. The molecule has 0 saturated carbocycles. The van der Waals surface area contributed by atoms with Crippen molar-refractivity contribution < 1.29 is 9.13 Å². The van der Waals surface area contributed by atoms with Gasteiger partial charge in [0.2, 0.25) is 0 Å². The fraction of sp³-hybridized carbons (Fsp3) is 0.320. The highest BCUT2D eigenvalue weighted by molar-refractivity contribution is 5.81. The van der Waals surface area contributed by atoms with Crippen LogP contribution in [0.15, 0.2) is 61.1 Å². The van der Waals surface area contributed by atoms with E-state index in [4.69, 9.17) is 9.72 Å². The van der Waals surface area contributed by atoms with Crippen LogP contribution in [0.2, 0.25) is 0 Å². The second kappa shape index (κ2) is 9.25. The third kappa shape index (κ3) is 4.58. The average Bonchev–Trinajstić information content (AvgIpc) is 3.37. The van der Waals surface area contributed by atoms with Crippen molar-refractivity contribution in [2.75, 3.05) is 32.6 Å². The topological polar surface area (TPSA) is 68.1 Å². The third-order valence-corrected chi connectivity index (χ3v) is 6.32. The molecule has 0 radical (unpaired) electrons. The Morgan fingerprint density at radius 2 is 2.00 bits per heavy atom. The summed E-state index contributed by atoms with van der Waals surface area (Å²) >= 11 is 0. The maximum Gasteiger partial charge on any atom is 0.148 e. The second-order valence-electron chi connectivity index (χ2n) is 8.54. The summed E-state index contributed by atoms with van der Waals surface area (Å²) in [7, 11) is 3.91. The molecule has 1 aliphatic rings. The van der Waals surface area contributed by atoms with Crippen LogP contribution in [-0.4, -0.2) is 51.9 Å². The highest BCUT2D eigenvalue weighted by Gasteiger charge is 2.27. The van der Waals surface area contributed by atoms with Crippen LogP contribution in [0.3, 0.4) is 0 Å². The summed E-state index contributed by atoms with van der Waals surface area (Å²) in [6.07, 6.45) is 7.32. The first-order valence-corrected chi connectivity index (χ1v) is 11.2. The minimum atomic E-state index is -0.381. The first kappa shape index (κ1) is 21.5. The van der Waals surface area contributed by atoms with E-state index < -0.39 is 0 Å². The molecule has 0 spiro atoms. The van der Waals surface area contributed by atoms with Gasteiger partial charge in [-0.1, -0.05) is 0 Å². The lowest BCUT2D eigenvalue weighted by molar-refractivity contribution is 0.0215. The Labute approximate surface area is 192 Å². The number of nitrogens with zero attached hydrogens (tertiary/aromatic N) is 5. The fourth-order valence-electron chi connectivity index (χ4n) is 4.45. The first-order chi connectivity index (χ1) is 16.1. The van der Waals surface area contributed by atoms with Gasteiger partial charge in [-0.05, 0) is 69.2 Å². The molecule has 0 aliphatic carbocycles. The summed E-state index contributed by atoms with van der Waals surface area (Å²) in [6.45, 7) is 2.14. The molecule has 1 aliphatic heterocycles. The predicted molar refractivity (Wildman–Crippen MR) is 126 cm³/mol. The molecule has 0 bridgehead atoms. The van der Waals surface area contributed by atoms with Gasteiger partial charge in [0.05, 0.1) is 22.6 Å². The van der Waals surface area contributed by atoms with Gasteiger partial charge in [0, 0.05) is 43.2 Å². The van der Waals surface area contributed by atoms with E-state index in [1.807, 2.05) is 18.2 Å². The molecule has 33 heavy (non-hydrogen) atoms. The summed E-state index contributed by atoms with van der Waals surface area (Å²) in [6, 6.07) is 12.6. The van der Waals surface area contributed by atoms with Crippen molar-refractivity contribution >= 4 is 22.4 Å². The average molecular weight is 447 g/mol. The van der Waals surface area contributed by atoms with Crippen LogP contribution in [0, 0.1) is 11.7 Å². The minimum Gasteiger partial charge on any atom is -0.375 e. The van der Waals surface area contributed by atoms with Gasteiger partial charge in [0.25, 0.3) is 0 Å². The lowest BCUT2D eigenvalue weighted by Gasteiger charge is -2.33. The number of benzene rings is 1. The SMILES string of the molecule is CO[C@@H](c1ccc2cnc(Nc3ccc(-n4cccn4)cc3F)cc2n1)C1CCN(C)CC1. The number of nitrogens with one attached hydrogen (secondary N) is 1. The van der Waals surface area contributed by atoms with Gasteiger partial charge in [0.15, 0.2) is 0 Å². The van der Waals surface area contributed by atoms with Crippen molar-refractivity contribution in [2.24, 2.45) is 5.92 Å². The van der Waals surface area contributed by atoms with E-state index in [0.717, 1.165) is 42.5 Å².